The highest BCUT2D eigenvalue weighted by Crippen LogP contribution is 2.45. The summed E-state index contributed by atoms with van der Waals surface area (Å²) in [6.45, 7) is 4.76. The van der Waals surface area contributed by atoms with E-state index in [1.165, 1.54) is 36.3 Å². The summed E-state index contributed by atoms with van der Waals surface area (Å²) in [7, 11) is -2.21. The number of benzene rings is 3. The Morgan fingerprint density at radius 3 is 2.38 bits per heavy atom. The van der Waals surface area contributed by atoms with E-state index >= 15 is 0 Å². The molecule has 0 spiro atoms. The van der Waals surface area contributed by atoms with E-state index in [-0.39, 0.29) is 16.5 Å². The Morgan fingerprint density at radius 1 is 1.00 bits per heavy atom. The molecule has 0 radical (unpaired) electrons. The Morgan fingerprint density at radius 2 is 1.69 bits per heavy atom. The topological polar surface area (TPSA) is 99.5 Å². The second-order valence-corrected chi connectivity index (χ2v) is 14.7. The van der Waals surface area contributed by atoms with Gasteiger partial charge in [0, 0.05) is 24.1 Å². The zero-order chi connectivity index (χ0) is 31.7. The Bertz CT molecular complexity index is 2140. The Hall–Kier alpha value is -3.64. The van der Waals surface area contributed by atoms with Crippen molar-refractivity contribution < 1.29 is 22.0 Å². The second-order valence-electron chi connectivity index (χ2n) is 11.2. The maximum atomic E-state index is 13.9. The van der Waals surface area contributed by atoms with Crippen molar-refractivity contribution in [2.45, 2.75) is 68.3 Å². The van der Waals surface area contributed by atoms with Gasteiger partial charge in [0.1, 0.15) is 30.9 Å². The number of hydrogen-bond donors (Lipinski definition) is 0. The van der Waals surface area contributed by atoms with Crippen LogP contribution in [0.1, 0.15) is 56.5 Å². The number of aryl methyl sites for hydroxylation is 2. The molecule has 0 bridgehead atoms. The van der Waals surface area contributed by atoms with Crippen molar-refractivity contribution in [1.82, 2.24) is 4.57 Å². The molecule has 8 nitrogen and oxygen atoms in total. The van der Waals surface area contributed by atoms with Crippen molar-refractivity contribution in [3.05, 3.63) is 104 Å². The lowest BCUT2D eigenvalue weighted by Crippen LogP contribution is -2.38. The molecule has 7 rings (SSSR count). The van der Waals surface area contributed by atoms with Gasteiger partial charge in [0.25, 0.3) is 11.1 Å². The minimum absolute atomic E-state index is 0.129. The van der Waals surface area contributed by atoms with Crippen molar-refractivity contribution in [3.63, 3.8) is 0 Å². The van der Waals surface area contributed by atoms with Crippen molar-refractivity contribution in [2.24, 2.45) is 0 Å². The number of anilines is 1. The van der Waals surface area contributed by atoms with E-state index in [0.29, 0.717) is 0 Å². The minimum Gasteiger partial charge on any atom is -0.744 e. The van der Waals surface area contributed by atoms with Gasteiger partial charge < -0.3 is 13.9 Å². The van der Waals surface area contributed by atoms with Gasteiger partial charge in [-0.1, -0.05) is 73.0 Å². The number of oxazole rings is 1. The smallest absolute Gasteiger partial charge is 0.377 e. The molecule has 1 saturated carbocycles. The van der Waals surface area contributed by atoms with Crippen LogP contribution in [-0.4, -0.2) is 24.6 Å². The first kappa shape index (κ1) is 31.3. The molecule has 2 aromatic heterocycles. The molecule has 1 aliphatic heterocycles. The fraction of sp³-hybridized carbons (Fsp3) is 0.294. The zero-order valence-corrected chi connectivity index (χ0v) is 27.9. The number of rotatable bonds is 4. The van der Waals surface area contributed by atoms with E-state index in [1.807, 2.05) is 25.1 Å². The number of nitrogens with zero attached hydrogens (tertiary/aromatic N) is 3. The Labute approximate surface area is 270 Å². The third kappa shape index (κ3) is 6.40. The van der Waals surface area contributed by atoms with Crippen molar-refractivity contribution in [3.8, 4) is 0 Å². The van der Waals surface area contributed by atoms with E-state index in [1.54, 1.807) is 35.2 Å². The molecule has 3 heterocycles. The van der Waals surface area contributed by atoms with Crippen molar-refractivity contribution in [2.75, 3.05) is 11.9 Å². The van der Waals surface area contributed by atoms with Gasteiger partial charge in [0.05, 0.1) is 16.7 Å². The predicted molar refractivity (Wildman–Crippen MR) is 179 cm³/mol. The summed E-state index contributed by atoms with van der Waals surface area (Å²) in [5.74, 6) is 0.793. The minimum atomic E-state index is -4.27. The molecule has 3 aromatic carbocycles. The van der Waals surface area contributed by atoms with Gasteiger partial charge in [-0.15, -0.1) is 11.3 Å². The Kier molecular flexibility index (Phi) is 9.05. The molecule has 0 unspecified atom stereocenters. The van der Waals surface area contributed by atoms with Gasteiger partial charge >= 0.3 is 5.89 Å². The summed E-state index contributed by atoms with van der Waals surface area (Å²) in [6, 6.07) is 22.5. The molecule has 5 aromatic rings. The van der Waals surface area contributed by atoms with Crippen LogP contribution in [-0.2, 0) is 16.7 Å². The molecule has 0 saturated heterocycles. The predicted octanol–water partition coefficient (Wildman–Crippen LogP) is 5.50. The number of fused-ring (bicyclic) bond motifs is 2. The highest BCUT2D eigenvalue weighted by molar-refractivity contribution is 8.08. The maximum absolute atomic E-state index is 13.9. The average Bonchev–Trinajstić information content (AvgIpc) is 3.67. The summed E-state index contributed by atoms with van der Waals surface area (Å²) >= 11 is 3.29. The number of thiazole rings is 1. The molecular weight excluding hydrogens is 627 g/mol. The van der Waals surface area contributed by atoms with Crippen molar-refractivity contribution >= 4 is 61.1 Å². The van der Waals surface area contributed by atoms with Crippen LogP contribution in [0.4, 0.5) is 5.69 Å². The normalized spacial score (nSPS) is 17.0. The molecule has 0 N–H and O–H groups in total. The standard InChI is InChI=1S/C27H28N3O2S2.C7H8O3S/c1-3-29-19-13-7-9-15-21(19)32-23(29)17-24-30(18-11-5-4-6-12-18)26(31)25(34-24)27-28(2)20-14-8-10-16-22(20)33-27;1-6-2-4-7(5-3-6)11(8,9)10/h7-10,13-18H,3-6,11-12H2,1-2H3;2-5H,1H3,(H,8,9,10)/q+1;/p-1/b27-25-;. The first-order valence-corrected chi connectivity index (χ1v) is 18.1. The van der Waals surface area contributed by atoms with E-state index in [9.17, 15) is 17.8 Å². The van der Waals surface area contributed by atoms with Crippen LogP contribution in [0.2, 0.25) is 0 Å². The lowest BCUT2D eigenvalue weighted by Gasteiger charge is -2.22. The van der Waals surface area contributed by atoms with Crippen LogP contribution >= 0.6 is 23.1 Å². The fourth-order valence-corrected chi connectivity index (χ4v) is 8.83. The van der Waals surface area contributed by atoms with Crippen molar-refractivity contribution in [1.29, 1.82) is 0 Å². The molecule has 1 fully saturated rings. The molecular formula is C34H35N3O5S3. The number of thioether (sulfide) groups is 1. The molecule has 0 atom stereocenters. The molecule has 2 aliphatic rings. The lowest BCUT2D eigenvalue weighted by atomic mass is 9.95. The van der Waals surface area contributed by atoms with Gasteiger partial charge in [-0.25, -0.2) is 8.42 Å². The number of para-hydroxylation sites is 3. The van der Waals surface area contributed by atoms with E-state index < -0.39 is 10.1 Å². The van der Waals surface area contributed by atoms with Gasteiger partial charge in [-0.2, -0.15) is 4.57 Å². The van der Waals surface area contributed by atoms with Gasteiger partial charge in [0.2, 0.25) is 5.58 Å². The third-order valence-corrected chi connectivity index (χ3v) is 11.5. The molecule has 0 amide bonds. The summed E-state index contributed by atoms with van der Waals surface area (Å²) in [4.78, 5) is 17.1. The molecule has 45 heavy (non-hydrogen) atoms. The first-order valence-electron chi connectivity index (χ1n) is 15.1. The third-order valence-electron chi connectivity index (χ3n) is 8.24. The lowest BCUT2D eigenvalue weighted by molar-refractivity contribution is -0.674. The Balaban J connectivity index is 0.000000276. The summed E-state index contributed by atoms with van der Waals surface area (Å²) in [6.07, 6.45) is 7.82. The first-order chi connectivity index (χ1) is 21.7. The largest absolute Gasteiger partial charge is 0.744 e. The van der Waals surface area contributed by atoms with E-state index in [2.05, 4.69) is 64.4 Å². The monoisotopic (exact) mass is 661 g/mol. The van der Waals surface area contributed by atoms with Crippen LogP contribution in [0.3, 0.4) is 0 Å². The van der Waals surface area contributed by atoms with Gasteiger partial charge in [-0.05, 0) is 57.0 Å². The SMILES string of the molecule is CC[n+]1c(C=c2s/c(=C3\Sc4ccccc4N3C)c(=O)n2C2CCCCC2)oc2ccccc21.Cc1ccc(S(=O)(=O)[O-])cc1. The van der Waals surface area contributed by atoms with Crippen LogP contribution < -0.4 is 24.2 Å². The average molecular weight is 662 g/mol. The van der Waals surface area contributed by atoms with E-state index in [0.717, 1.165) is 61.9 Å². The summed E-state index contributed by atoms with van der Waals surface area (Å²) in [5, 5.41) is 1.02. The summed E-state index contributed by atoms with van der Waals surface area (Å²) < 4.78 is 43.5. The van der Waals surface area contributed by atoms with E-state index in [4.69, 9.17) is 4.42 Å². The van der Waals surface area contributed by atoms with Crippen LogP contribution in [0.25, 0.3) is 22.2 Å². The fourth-order valence-electron chi connectivity index (χ4n) is 5.92. The van der Waals surface area contributed by atoms with Crippen LogP contribution in [0.5, 0.6) is 0 Å². The highest BCUT2D eigenvalue weighted by Gasteiger charge is 2.27. The van der Waals surface area contributed by atoms with Gasteiger partial charge in [-0.3, -0.25) is 9.36 Å². The molecule has 11 heteroatoms. The molecule has 1 aliphatic carbocycles. The second kappa shape index (κ2) is 13.0. The number of hydrogen-bond acceptors (Lipinski definition) is 8. The highest BCUT2D eigenvalue weighted by atomic mass is 32.2. The van der Waals surface area contributed by atoms with Gasteiger partial charge in [0.15, 0.2) is 0 Å². The zero-order valence-electron chi connectivity index (χ0n) is 25.4. The van der Waals surface area contributed by atoms with Crippen LogP contribution in [0, 0.1) is 6.92 Å². The number of aromatic nitrogens is 2. The summed E-state index contributed by atoms with van der Waals surface area (Å²) in [5.41, 5.74) is 4.17. The quantitative estimate of drug-likeness (QED) is 0.185. The van der Waals surface area contributed by atoms with Crippen LogP contribution in [0.15, 0.2) is 91.8 Å². The maximum Gasteiger partial charge on any atom is 0.377 e. The molecule has 234 valence electrons.